The third kappa shape index (κ3) is 0.833. The summed E-state index contributed by atoms with van der Waals surface area (Å²) in [6, 6.07) is -0.411. The number of hydrogen-bond acceptors (Lipinski definition) is 2. The maximum Gasteiger partial charge on any atom is 0.125 e. The fraction of sp³-hybridized carbons (Fsp3) is 0.714. The van der Waals surface area contributed by atoms with Crippen LogP contribution in [-0.2, 0) is 0 Å². The molecule has 2 aliphatic heterocycles. The van der Waals surface area contributed by atoms with Crippen molar-refractivity contribution in [1.82, 2.24) is 10.2 Å². The van der Waals surface area contributed by atoms with Crippen LogP contribution >= 0.6 is 0 Å². The minimum Gasteiger partial charge on any atom is -0.362 e. The molecule has 0 aromatic carbocycles. The number of hydrogen-bond donors (Lipinski definition) is 1. The average Bonchev–Trinajstić information content (AvgIpc) is 2.60. The van der Waals surface area contributed by atoms with Crippen molar-refractivity contribution in [2.24, 2.45) is 0 Å². The van der Waals surface area contributed by atoms with E-state index < -0.39 is 12.5 Å². The van der Waals surface area contributed by atoms with Crippen LogP contribution in [-0.4, -0.2) is 24.1 Å². The van der Waals surface area contributed by atoms with Crippen molar-refractivity contribution in [3.8, 4) is 0 Å². The smallest absolute Gasteiger partial charge is 0.125 e. The Morgan fingerprint density at radius 2 is 3.00 bits per heavy atom. The first kappa shape index (κ1) is 2.27. The van der Waals surface area contributed by atoms with Gasteiger partial charge in [-0.25, -0.2) is 0 Å². The van der Waals surface area contributed by atoms with Gasteiger partial charge in [0.2, 0.25) is 0 Å². The van der Waals surface area contributed by atoms with Crippen molar-refractivity contribution in [3.63, 3.8) is 0 Å². The van der Waals surface area contributed by atoms with E-state index in [1.54, 1.807) is 4.90 Å². The Balaban J connectivity index is 2.44. The molecule has 2 aliphatic rings. The molecule has 2 nitrogen and oxygen atoms in total. The van der Waals surface area contributed by atoms with Crippen LogP contribution in [0.3, 0.4) is 0 Å². The van der Waals surface area contributed by atoms with Crippen molar-refractivity contribution in [2.45, 2.75) is 19.0 Å². The predicted molar refractivity (Wildman–Crippen MR) is 36.9 cm³/mol. The lowest BCUT2D eigenvalue weighted by molar-refractivity contribution is 0.289. The number of nitrogens with one attached hydrogen (secondary N) is 1. The van der Waals surface area contributed by atoms with Gasteiger partial charge in [-0.1, -0.05) is 6.05 Å². The Hall–Kier alpha value is -0.500. The van der Waals surface area contributed by atoms with Gasteiger partial charge in [0, 0.05) is 15.8 Å². The maximum atomic E-state index is 7.62. The van der Waals surface area contributed by atoms with Gasteiger partial charge in [-0.15, -0.1) is 0 Å². The number of fused-ring (bicyclic) bond motifs is 1. The lowest BCUT2D eigenvalue weighted by Gasteiger charge is -2.26. The van der Waals surface area contributed by atoms with Crippen molar-refractivity contribution in [1.29, 1.82) is 0 Å². The molecule has 1 fully saturated rings. The standard InChI is InChI=1S/C7H12N2/c1-3-7-8-4-2-6-9(7)5-1/h2,6-8H,1,3-5H2/i2D,4D2,6D/hD. The van der Waals surface area contributed by atoms with Crippen LogP contribution in [0.2, 0.25) is 1.41 Å². The van der Waals surface area contributed by atoms with E-state index in [-0.39, 0.29) is 12.3 Å². The first-order valence-corrected chi connectivity index (χ1v) is 3.19. The van der Waals surface area contributed by atoms with Gasteiger partial charge in [0.05, 0.1) is 8.91 Å². The topological polar surface area (TPSA) is 15.3 Å². The Morgan fingerprint density at radius 1 is 2.00 bits per heavy atom. The van der Waals surface area contributed by atoms with Crippen LogP contribution in [0.25, 0.3) is 0 Å². The van der Waals surface area contributed by atoms with Gasteiger partial charge in [0.1, 0.15) is 1.41 Å². The molecule has 0 aromatic rings. The summed E-state index contributed by atoms with van der Waals surface area (Å²) in [4.78, 5) is 1.62. The summed E-state index contributed by atoms with van der Waals surface area (Å²) >= 11 is 0. The molecule has 1 N–H and O–H groups in total. The molecule has 2 heteroatoms. The lowest BCUT2D eigenvalue weighted by atomic mass is 10.3. The Kier molecular flexibility index (Phi) is 0.512. The SMILES string of the molecule is [2H]C1=C([2H])C([2H])([2H])N([2H])C2CCCN12. The highest BCUT2D eigenvalue weighted by molar-refractivity contribution is 4.96. The molecule has 0 radical (unpaired) electrons. The molecule has 0 aliphatic carbocycles. The Morgan fingerprint density at radius 3 is 4.00 bits per heavy atom. The summed E-state index contributed by atoms with van der Waals surface area (Å²) in [5.41, 5.74) is 0. The molecule has 0 aromatic heterocycles. The highest BCUT2D eigenvalue weighted by Gasteiger charge is 2.21. The molecule has 0 amide bonds. The molecule has 2 rings (SSSR count). The second kappa shape index (κ2) is 2.03. The van der Waals surface area contributed by atoms with Crippen molar-refractivity contribution in [3.05, 3.63) is 12.2 Å². The van der Waals surface area contributed by atoms with Crippen LogP contribution < -0.4 is 5.31 Å². The Bertz CT molecular complexity index is 290. The van der Waals surface area contributed by atoms with Crippen LogP contribution in [0.5, 0.6) is 0 Å². The second-order valence-corrected chi connectivity index (χ2v) is 2.29. The van der Waals surface area contributed by atoms with E-state index in [1.807, 2.05) is 0 Å². The summed E-state index contributed by atoms with van der Waals surface area (Å²) < 4.78 is 37.8. The minimum absolute atomic E-state index is 0.0685. The minimum atomic E-state index is -2.12. The number of rotatable bonds is 0. The van der Waals surface area contributed by atoms with Crippen molar-refractivity contribution in [2.75, 3.05) is 13.0 Å². The molecule has 50 valence electrons. The third-order valence-electron chi connectivity index (χ3n) is 1.69. The third-order valence-corrected chi connectivity index (χ3v) is 1.69. The highest BCUT2D eigenvalue weighted by atomic mass is 15.3. The molecular weight excluding hydrogens is 112 g/mol. The van der Waals surface area contributed by atoms with E-state index in [9.17, 15) is 0 Å². The second-order valence-electron chi connectivity index (χ2n) is 2.29. The van der Waals surface area contributed by atoms with Gasteiger partial charge in [0.15, 0.2) is 0 Å². The molecule has 9 heavy (non-hydrogen) atoms. The van der Waals surface area contributed by atoms with Gasteiger partial charge < -0.3 is 4.90 Å². The average molecular weight is 129 g/mol. The summed E-state index contributed by atoms with van der Waals surface area (Å²) in [7, 11) is 0. The first-order chi connectivity index (χ1) is 6.46. The molecule has 0 spiro atoms. The summed E-state index contributed by atoms with van der Waals surface area (Å²) in [6.07, 6.45) is 1.11. The predicted octanol–water partition coefficient (Wildman–Crippen LogP) is 0.525. The van der Waals surface area contributed by atoms with E-state index in [2.05, 4.69) is 0 Å². The van der Waals surface area contributed by atoms with Crippen LogP contribution in [0.15, 0.2) is 12.2 Å². The maximum absolute atomic E-state index is 7.62. The van der Waals surface area contributed by atoms with Gasteiger partial charge in [-0.2, -0.15) is 0 Å². The summed E-state index contributed by atoms with van der Waals surface area (Å²) in [5, 5.41) is 0.806. The molecular formula is C7H12N2. The molecule has 1 atom stereocenters. The largest absolute Gasteiger partial charge is 0.362 e. The van der Waals surface area contributed by atoms with Gasteiger partial charge >= 0.3 is 0 Å². The molecule has 2 heterocycles. The van der Waals surface area contributed by atoms with Crippen LogP contribution in [0, 0.1) is 0 Å². The zero-order valence-electron chi connectivity index (χ0n) is 10.1. The fourth-order valence-electron chi connectivity index (χ4n) is 1.22. The summed E-state index contributed by atoms with van der Waals surface area (Å²) in [5.74, 6) is 0. The Labute approximate surface area is 62.6 Å². The zero-order valence-corrected chi connectivity index (χ0v) is 5.09. The lowest BCUT2D eigenvalue weighted by Crippen LogP contribution is -2.41. The van der Waals surface area contributed by atoms with E-state index in [4.69, 9.17) is 6.89 Å². The van der Waals surface area contributed by atoms with Crippen molar-refractivity contribution >= 4 is 0 Å². The quantitative estimate of drug-likeness (QED) is 0.513. The van der Waals surface area contributed by atoms with E-state index in [1.165, 1.54) is 0 Å². The van der Waals surface area contributed by atoms with Gasteiger partial charge in [-0.05, 0) is 19.0 Å². The first-order valence-electron chi connectivity index (χ1n) is 5.64. The van der Waals surface area contributed by atoms with Gasteiger partial charge in [0.25, 0.3) is 0 Å². The number of nitrogens with zero attached hydrogens (tertiary/aromatic N) is 1. The molecule has 1 unspecified atom stereocenters. The fourth-order valence-corrected chi connectivity index (χ4v) is 1.22. The van der Waals surface area contributed by atoms with Crippen LogP contribution in [0.1, 0.15) is 18.3 Å². The molecule has 0 saturated carbocycles. The normalized spacial score (nSPS) is 50.9. The summed E-state index contributed by atoms with van der Waals surface area (Å²) in [6.45, 7) is -1.47. The van der Waals surface area contributed by atoms with E-state index >= 15 is 0 Å². The zero-order chi connectivity index (χ0) is 10.5. The highest BCUT2D eigenvalue weighted by Crippen LogP contribution is 2.16. The molecule has 1 saturated heterocycles. The van der Waals surface area contributed by atoms with E-state index in [0.717, 1.165) is 11.7 Å². The monoisotopic (exact) mass is 129 g/mol. The van der Waals surface area contributed by atoms with Gasteiger partial charge in [-0.3, -0.25) is 5.31 Å². The van der Waals surface area contributed by atoms with Crippen LogP contribution in [0.4, 0.5) is 0 Å². The van der Waals surface area contributed by atoms with Crippen molar-refractivity contribution < 1.29 is 6.89 Å². The van der Waals surface area contributed by atoms with E-state index in [0.29, 0.717) is 13.0 Å². The molecule has 0 bridgehead atoms.